The van der Waals surface area contributed by atoms with Crippen molar-refractivity contribution in [3.8, 4) is 5.75 Å². The summed E-state index contributed by atoms with van der Waals surface area (Å²) in [5, 5.41) is 0. The van der Waals surface area contributed by atoms with Crippen LogP contribution >= 0.6 is 0 Å². The number of piperazine rings is 1. The quantitative estimate of drug-likeness (QED) is 0.829. The number of carbonyl (C=O) groups excluding carboxylic acids is 1. The summed E-state index contributed by atoms with van der Waals surface area (Å²) >= 11 is 0. The van der Waals surface area contributed by atoms with Crippen molar-refractivity contribution in [2.75, 3.05) is 40.4 Å². The maximum absolute atomic E-state index is 12.9. The summed E-state index contributed by atoms with van der Waals surface area (Å²) in [6.45, 7) is 4.74. The summed E-state index contributed by atoms with van der Waals surface area (Å²) in [7, 11) is -0.901. The summed E-state index contributed by atoms with van der Waals surface area (Å²) in [4.78, 5) is 13.2. The molecule has 1 heterocycles. The van der Waals surface area contributed by atoms with Gasteiger partial charge in [-0.25, -0.2) is 13.2 Å². The highest BCUT2D eigenvalue weighted by Gasteiger charge is 2.32. The van der Waals surface area contributed by atoms with Crippen molar-refractivity contribution in [2.45, 2.75) is 18.7 Å². The first-order valence-corrected chi connectivity index (χ1v) is 8.73. The lowest BCUT2D eigenvalue weighted by Gasteiger charge is -2.33. The van der Waals surface area contributed by atoms with Crippen LogP contribution in [0.25, 0.3) is 0 Å². The Morgan fingerprint density at radius 1 is 1.09 bits per heavy atom. The van der Waals surface area contributed by atoms with Crippen molar-refractivity contribution in [1.29, 1.82) is 0 Å². The molecule has 1 fully saturated rings. The third-order valence-electron chi connectivity index (χ3n) is 3.88. The molecule has 1 amide bonds. The molecule has 0 unspecified atom stereocenters. The summed E-state index contributed by atoms with van der Waals surface area (Å²) in [5.74, 6) is 0.367. The zero-order valence-electron chi connectivity index (χ0n) is 13.8. The lowest BCUT2D eigenvalue weighted by atomic mass is 10.1. The Labute approximate surface area is 136 Å². The van der Waals surface area contributed by atoms with Crippen LogP contribution in [-0.4, -0.2) is 64.1 Å². The van der Waals surface area contributed by atoms with Gasteiger partial charge in [0.1, 0.15) is 10.6 Å². The first-order valence-electron chi connectivity index (χ1n) is 7.29. The minimum Gasteiger partial charge on any atom is -0.495 e. The predicted molar refractivity (Wildman–Crippen MR) is 85.2 cm³/mol. The third kappa shape index (κ3) is 3.42. The third-order valence-corrected chi connectivity index (χ3v) is 5.78. The minimum atomic E-state index is -3.68. The van der Waals surface area contributed by atoms with E-state index in [0.29, 0.717) is 18.8 Å². The number of nitrogens with zero attached hydrogens (tertiary/aromatic N) is 2. The lowest BCUT2D eigenvalue weighted by Crippen LogP contribution is -2.50. The van der Waals surface area contributed by atoms with Gasteiger partial charge in [0.25, 0.3) is 0 Å². The zero-order valence-corrected chi connectivity index (χ0v) is 14.6. The number of benzene rings is 1. The highest BCUT2D eigenvalue weighted by atomic mass is 32.2. The summed E-state index contributed by atoms with van der Waals surface area (Å²) in [6, 6.07) is 3.50. The second-order valence-corrected chi connectivity index (χ2v) is 7.38. The van der Waals surface area contributed by atoms with E-state index >= 15 is 0 Å². The number of hydrogen-bond acceptors (Lipinski definition) is 5. The van der Waals surface area contributed by atoms with E-state index in [4.69, 9.17) is 4.74 Å². The number of methoxy groups -OCH3 is 2. The first-order chi connectivity index (χ1) is 10.8. The Morgan fingerprint density at radius 3 is 2.22 bits per heavy atom. The van der Waals surface area contributed by atoms with Crippen LogP contribution in [-0.2, 0) is 14.8 Å². The Balaban J connectivity index is 2.29. The highest BCUT2D eigenvalue weighted by Crippen LogP contribution is 2.31. The number of ether oxygens (including phenoxy) is 2. The molecule has 1 aliphatic rings. The highest BCUT2D eigenvalue weighted by molar-refractivity contribution is 7.89. The van der Waals surface area contributed by atoms with Crippen molar-refractivity contribution in [2.24, 2.45) is 0 Å². The van der Waals surface area contributed by atoms with Crippen LogP contribution in [0.2, 0.25) is 0 Å². The molecule has 128 valence electrons. The molecule has 8 heteroatoms. The molecule has 7 nitrogen and oxygen atoms in total. The van der Waals surface area contributed by atoms with Gasteiger partial charge in [-0.3, -0.25) is 0 Å². The molecule has 0 spiro atoms. The molecule has 1 saturated heterocycles. The second-order valence-electron chi connectivity index (χ2n) is 5.47. The molecule has 23 heavy (non-hydrogen) atoms. The molecule has 0 N–H and O–H groups in total. The van der Waals surface area contributed by atoms with Crippen LogP contribution in [0.3, 0.4) is 0 Å². The van der Waals surface area contributed by atoms with E-state index in [1.165, 1.54) is 23.4 Å². The average molecular weight is 342 g/mol. The number of sulfonamides is 1. The van der Waals surface area contributed by atoms with E-state index in [9.17, 15) is 13.2 Å². The minimum absolute atomic E-state index is 0.170. The van der Waals surface area contributed by atoms with Crippen LogP contribution in [0.1, 0.15) is 11.1 Å². The van der Waals surface area contributed by atoms with Crippen molar-refractivity contribution in [3.05, 3.63) is 23.3 Å². The first kappa shape index (κ1) is 17.6. The van der Waals surface area contributed by atoms with Gasteiger partial charge in [0.05, 0.1) is 14.2 Å². The Hall–Kier alpha value is -1.80. The molecule has 1 aromatic carbocycles. The Morgan fingerprint density at radius 2 is 1.70 bits per heavy atom. The van der Waals surface area contributed by atoms with Gasteiger partial charge in [0, 0.05) is 26.2 Å². The van der Waals surface area contributed by atoms with Gasteiger partial charge >= 0.3 is 6.09 Å². The Bertz CT molecular complexity index is 694. The van der Waals surface area contributed by atoms with E-state index in [-0.39, 0.29) is 18.0 Å². The van der Waals surface area contributed by atoms with Crippen molar-refractivity contribution in [1.82, 2.24) is 9.21 Å². The molecule has 0 atom stereocenters. The monoisotopic (exact) mass is 342 g/mol. The van der Waals surface area contributed by atoms with Gasteiger partial charge in [-0.1, -0.05) is 6.07 Å². The van der Waals surface area contributed by atoms with Gasteiger partial charge in [0.15, 0.2) is 0 Å². The fraction of sp³-hybridized carbons (Fsp3) is 0.533. The molecule has 2 rings (SSSR count). The number of amides is 1. The molecule has 0 bridgehead atoms. The average Bonchev–Trinajstić information content (AvgIpc) is 2.53. The standard InChI is InChI=1S/C15H22N2O5S/c1-11-9-12(2)14(21-3)13(10-11)23(19,20)17-7-5-16(6-8-17)15(18)22-4/h9-10H,5-8H2,1-4H3. The number of carbonyl (C=O) groups is 1. The molecule has 1 aliphatic heterocycles. The maximum atomic E-state index is 12.9. The summed E-state index contributed by atoms with van der Waals surface area (Å²) < 4.78 is 37.2. The van der Waals surface area contributed by atoms with E-state index in [2.05, 4.69) is 4.74 Å². The number of aryl methyl sites for hydroxylation is 2. The second kappa shape index (κ2) is 6.76. The largest absolute Gasteiger partial charge is 0.495 e. The van der Waals surface area contributed by atoms with Crippen molar-refractivity contribution in [3.63, 3.8) is 0 Å². The van der Waals surface area contributed by atoms with Gasteiger partial charge in [-0.05, 0) is 31.0 Å². The SMILES string of the molecule is COC(=O)N1CCN(S(=O)(=O)c2cc(C)cc(C)c2OC)CC1. The van der Waals surface area contributed by atoms with Crippen LogP contribution in [0.5, 0.6) is 5.75 Å². The fourth-order valence-electron chi connectivity index (χ4n) is 2.75. The van der Waals surface area contributed by atoms with Gasteiger partial charge < -0.3 is 14.4 Å². The molecular weight excluding hydrogens is 320 g/mol. The maximum Gasteiger partial charge on any atom is 0.409 e. The number of hydrogen-bond donors (Lipinski definition) is 0. The molecule has 0 saturated carbocycles. The summed E-state index contributed by atoms with van der Waals surface area (Å²) in [5.41, 5.74) is 1.63. The van der Waals surface area contributed by atoms with Crippen LogP contribution in [0, 0.1) is 13.8 Å². The fourth-order valence-corrected chi connectivity index (χ4v) is 4.48. The van der Waals surface area contributed by atoms with Crippen LogP contribution in [0.4, 0.5) is 4.79 Å². The van der Waals surface area contributed by atoms with E-state index in [0.717, 1.165) is 11.1 Å². The van der Waals surface area contributed by atoms with Crippen LogP contribution < -0.4 is 4.74 Å². The normalized spacial score (nSPS) is 16.3. The van der Waals surface area contributed by atoms with E-state index in [1.54, 1.807) is 6.07 Å². The topological polar surface area (TPSA) is 76.2 Å². The summed E-state index contributed by atoms with van der Waals surface area (Å²) in [6.07, 6.45) is -0.439. The van der Waals surface area contributed by atoms with Crippen LogP contribution in [0.15, 0.2) is 17.0 Å². The van der Waals surface area contributed by atoms with Gasteiger partial charge in [0.2, 0.25) is 10.0 Å². The van der Waals surface area contributed by atoms with Gasteiger partial charge in [-0.2, -0.15) is 4.31 Å². The molecular formula is C15H22N2O5S. The van der Waals surface area contributed by atoms with Crippen molar-refractivity contribution < 1.29 is 22.7 Å². The molecule has 0 radical (unpaired) electrons. The molecule has 1 aromatic rings. The zero-order chi connectivity index (χ0) is 17.2. The lowest BCUT2D eigenvalue weighted by molar-refractivity contribution is 0.108. The Kier molecular flexibility index (Phi) is 5.16. The predicted octanol–water partition coefficient (Wildman–Crippen LogP) is 1.38. The smallest absolute Gasteiger partial charge is 0.409 e. The van der Waals surface area contributed by atoms with Gasteiger partial charge in [-0.15, -0.1) is 0 Å². The molecule has 0 aliphatic carbocycles. The number of rotatable bonds is 3. The van der Waals surface area contributed by atoms with Crippen molar-refractivity contribution >= 4 is 16.1 Å². The van der Waals surface area contributed by atoms with E-state index < -0.39 is 16.1 Å². The van der Waals surface area contributed by atoms with E-state index in [1.807, 2.05) is 19.9 Å². The molecule has 0 aromatic heterocycles.